The molecular formula is C12H17NO2. The van der Waals surface area contributed by atoms with Gasteiger partial charge >= 0.3 is 0 Å². The van der Waals surface area contributed by atoms with Crippen molar-refractivity contribution in [3.63, 3.8) is 0 Å². The highest BCUT2D eigenvalue weighted by Crippen LogP contribution is 2.30. The fraction of sp³-hybridized carbons (Fsp3) is 0.500. The Morgan fingerprint density at radius 2 is 2.00 bits per heavy atom. The van der Waals surface area contributed by atoms with Gasteiger partial charge in [0.25, 0.3) is 0 Å². The standard InChI is InChI=1S/C12H17NO2/c1-15-11-7-5-10(6-8-11)12-4-2-3-9-13(12)14/h5-8,12,14H,2-4,9H2,1H3/t12-/m1/s1. The van der Waals surface area contributed by atoms with Gasteiger partial charge in [-0.15, -0.1) is 0 Å². The lowest BCUT2D eigenvalue weighted by atomic mass is 9.97. The van der Waals surface area contributed by atoms with E-state index >= 15 is 0 Å². The molecule has 0 unspecified atom stereocenters. The quantitative estimate of drug-likeness (QED) is 0.809. The van der Waals surface area contributed by atoms with Gasteiger partial charge in [-0.1, -0.05) is 18.6 Å². The number of hydroxylamine groups is 2. The fourth-order valence-electron chi connectivity index (χ4n) is 2.08. The Labute approximate surface area is 90.2 Å². The highest BCUT2D eigenvalue weighted by Gasteiger charge is 2.21. The molecule has 1 aromatic rings. The smallest absolute Gasteiger partial charge is 0.118 e. The van der Waals surface area contributed by atoms with Crippen molar-refractivity contribution in [1.29, 1.82) is 0 Å². The van der Waals surface area contributed by atoms with Crippen LogP contribution in [0.15, 0.2) is 24.3 Å². The molecule has 1 aliphatic heterocycles. The Hall–Kier alpha value is -1.06. The van der Waals surface area contributed by atoms with Crippen LogP contribution in [0, 0.1) is 0 Å². The topological polar surface area (TPSA) is 32.7 Å². The van der Waals surface area contributed by atoms with Crippen LogP contribution in [0.2, 0.25) is 0 Å². The van der Waals surface area contributed by atoms with E-state index in [1.165, 1.54) is 11.5 Å². The Bertz CT molecular complexity index is 310. The second kappa shape index (κ2) is 4.64. The first kappa shape index (κ1) is 10.5. The molecule has 0 spiro atoms. The van der Waals surface area contributed by atoms with E-state index < -0.39 is 0 Å². The highest BCUT2D eigenvalue weighted by atomic mass is 16.5. The van der Waals surface area contributed by atoms with Crippen LogP contribution >= 0.6 is 0 Å². The molecule has 0 radical (unpaired) electrons. The van der Waals surface area contributed by atoms with Crippen LogP contribution in [0.25, 0.3) is 0 Å². The van der Waals surface area contributed by atoms with E-state index in [1.807, 2.05) is 24.3 Å². The van der Waals surface area contributed by atoms with E-state index in [9.17, 15) is 5.21 Å². The molecule has 0 saturated carbocycles. The highest BCUT2D eigenvalue weighted by molar-refractivity contribution is 5.29. The van der Waals surface area contributed by atoms with Crippen molar-refractivity contribution in [2.24, 2.45) is 0 Å². The third kappa shape index (κ3) is 2.30. The van der Waals surface area contributed by atoms with Crippen LogP contribution in [0.3, 0.4) is 0 Å². The predicted molar refractivity (Wildman–Crippen MR) is 58.1 cm³/mol. The molecule has 1 aliphatic rings. The largest absolute Gasteiger partial charge is 0.497 e. The summed E-state index contributed by atoms with van der Waals surface area (Å²) in [6.45, 7) is 0.774. The summed E-state index contributed by atoms with van der Waals surface area (Å²) in [5, 5.41) is 11.2. The summed E-state index contributed by atoms with van der Waals surface area (Å²) in [6, 6.07) is 8.09. The maximum absolute atomic E-state index is 9.75. The lowest BCUT2D eigenvalue weighted by Crippen LogP contribution is -2.30. The average Bonchev–Trinajstić information content (AvgIpc) is 2.30. The average molecular weight is 207 g/mol. The second-order valence-electron chi connectivity index (χ2n) is 3.95. The zero-order valence-corrected chi connectivity index (χ0v) is 9.02. The maximum atomic E-state index is 9.75. The van der Waals surface area contributed by atoms with Crippen molar-refractivity contribution >= 4 is 0 Å². The molecule has 15 heavy (non-hydrogen) atoms. The fourth-order valence-corrected chi connectivity index (χ4v) is 2.08. The Morgan fingerprint density at radius 1 is 1.27 bits per heavy atom. The van der Waals surface area contributed by atoms with E-state index in [4.69, 9.17) is 4.74 Å². The predicted octanol–water partition coefficient (Wildman–Crippen LogP) is 2.61. The van der Waals surface area contributed by atoms with Crippen molar-refractivity contribution in [1.82, 2.24) is 5.06 Å². The van der Waals surface area contributed by atoms with Crippen LogP contribution < -0.4 is 4.74 Å². The lowest BCUT2D eigenvalue weighted by molar-refractivity contribution is -0.143. The number of ether oxygens (including phenoxy) is 1. The van der Waals surface area contributed by atoms with Gasteiger partial charge in [0, 0.05) is 6.54 Å². The number of hydrogen-bond acceptors (Lipinski definition) is 3. The number of nitrogens with zero attached hydrogens (tertiary/aromatic N) is 1. The third-order valence-corrected chi connectivity index (χ3v) is 2.98. The molecule has 0 bridgehead atoms. The Morgan fingerprint density at radius 3 is 2.60 bits per heavy atom. The maximum Gasteiger partial charge on any atom is 0.118 e. The number of methoxy groups -OCH3 is 1. The molecule has 1 saturated heterocycles. The summed E-state index contributed by atoms with van der Waals surface area (Å²) in [4.78, 5) is 0. The van der Waals surface area contributed by atoms with Crippen LogP contribution in [0.5, 0.6) is 5.75 Å². The SMILES string of the molecule is COc1ccc([C@H]2CCCCN2O)cc1. The van der Waals surface area contributed by atoms with Crippen molar-refractivity contribution in [2.75, 3.05) is 13.7 Å². The first-order valence-electron chi connectivity index (χ1n) is 5.41. The van der Waals surface area contributed by atoms with E-state index in [0.29, 0.717) is 0 Å². The second-order valence-corrected chi connectivity index (χ2v) is 3.95. The number of benzene rings is 1. The van der Waals surface area contributed by atoms with Crippen LogP contribution in [0.4, 0.5) is 0 Å². The molecule has 0 aliphatic carbocycles. The van der Waals surface area contributed by atoms with Crippen molar-refractivity contribution in [2.45, 2.75) is 25.3 Å². The van der Waals surface area contributed by atoms with Gasteiger partial charge in [-0.3, -0.25) is 0 Å². The van der Waals surface area contributed by atoms with Gasteiger partial charge in [0.05, 0.1) is 13.2 Å². The zero-order valence-electron chi connectivity index (χ0n) is 9.02. The van der Waals surface area contributed by atoms with Gasteiger partial charge in [0.1, 0.15) is 5.75 Å². The van der Waals surface area contributed by atoms with Crippen molar-refractivity contribution in [3.05, 3.63) is 29.8 Å². The molecule has 3 nitrogen and oxygen atoms in total. The molecule has 1 atom stereocenters. The summed E-state index contributed by atoms with van der Waals surface area (Å²) in [5.41, 5.74) is 1.16. The van der Waals surface area contributed by atoms with Crippen LogP contribution in [-0.2, 0) is 0 Å². The van der Waals surface area contributed by atoms with E-state index in [2.05, 4.69) is 0 Å². The number of hydrogen-bond donors (Lipinski definition) is 1. The third-order valence-electron chi connectivity index (χ3n) is 2.98. The molecule has 1 heterocycles. The lowest BCUT2D eigenvalue weighted by Gasteiger charge is -2.30. The van der Waals surface area contributed by atoms with Gasteiger partial charge in [0.15, 0.2) is 0 Å². The summed E-state index contributed by atoms with van der Waals surface area (Å²) in [7, 11) is 1.66. The first-order chi connectivity index (χ1) is 7.31. The van der Waals surface area contributed by atoms with Gasteiger partial charge < -0.3 is 9.94 Å². The van der Waals surface area contributed by atoms with Gasteiger partial charge in [-0.25, -0.2) is 0 Å². The van der Waals surface area contributed by atoms with E-state index in [-0.39, 0.29) is 6.04 Å². The van der Waals surface area contributed by atoms with Gasteiger partial charge in [-0.2, -0.15) is 5.06 Å². The Kier molecular flexibility index (Phi) is 3.23. The molecule has 2 rings (SSSR count). The summed E-state index contributed by atoms with van der Waals surface area (Å²) in [5.74, 6) is 0.860. The number of rotatable bonds is 2. The zero-order chi connectivity index (χ0) is 10.7. The summed E-state index contributed by atoms with van der Waals surface area (Å²) in [6.07, 6.45) is 3.31. The normalized spacial score (nSPS) is 22.7. The molecule has 3 heteroatoms. The molecule has 0 amide bonds. The minimum Gasteiger partial charge on any atom is -0.497 e. The minimum absolute atomic E-state index is 0.157. The van der Waals surface area contributed by atoms with Crippen molar-refractivity contribution in [3.8, 4) is 5.75 Å². The molecule has 82 valence electrons. The van der Waals surface area contributed by atoms with Crippen LogP contribution in [-0.4, -0.2) is 23.9 Å². The van der Waals surface area contributed by atoms with Crippen LogP contribution in [0.1, 0.15) is 30.9 Å². The number of piperidine rings is 1. The molecule has 0 aromatic heterocycles. The Balaban J connectivity index is 2.13. The summed E-state index contributed by atoms with van der Waals surface area (Å²) < 4.78 is 5.11. The van der Waals surface area contributed by atoms with E-state index in [0.717, 1.165) is 30.7 Å². The summed E-state index contributed by atoms with van der Waals surface area (Å²) >= 11 is 0. The monoisotopic (exact) mass is 207 g/mol. The molecule has 1 aromatic carbocycles. The van der Waals surface area contributed by atoms with Crippen molar-refractivity contribution < 1.29 is 9.94 Å². The van der Waals surface area contributed by atoms with Gasteiger partial charge in [0.2, 0.25) is 0 Å². The molecule has 1 fully saturated rings. The first-order valence-corrected chi connectivity index (χ1v) is 5.41. The minimum atomic E-state index is 0.157. The van der Waals surface area contributed by atoms with Gasteiger partial charge in [-0.05, 0) is 30.5 Å². The van der Waals surface area contributed by atoms with E-state index in [1.54, 1.807) is 7.11 Å². The molecular weight excluding hydrogens is 190 g/mol. The molecule has 1 N–H and O–H groups in total.